The van der Waals surface area contributed by atoms with Crippen LogP contribution in [0.15, 0.2) is 0 Å². The Bertz CT molecular complexity index is 426. The largest absolute Gasteiger partial charge is 0.104 e. The summed E-state index contributed by atoms with van der Waals surface area (Å²) in [5.74, 6) is 1.09. The molecular weight excluding hydrogens is 454 g/mol. The van der Waals surface area contributed by atoms with Crippen LogP contribution in [-0.2, 0) is 17.1 Å². The molecule has 0 aromatic heterocycles. The van der Waals surface area contributed by atoms with Gasteiger partial charge in [0.15, 0.2) is 0 Å². The van der Waals surface area contributed by atoms with Crippen molar-refractivity contribution < 1.29 is 17.1 Å². The average molecular weight is 509 g/mol. The van der Waals surface area contributed by atoms with Crippen molar-refractivity contribution in [1.29, 1.82) is 0 Å². The average Bonchev–Trinajstić information content (AvgIpc) is 3.50. The molecule has 0 spiro atoms. The molecule has 4 fully saturated rings. The number of hydrogen-bond acceptors (Lipinski definition) is 0. The van der Waals surface area contributed by atoms with E-state index in [1.807, 2.05) is 0 Å². The van der Waals surface area contributed by atoms with E-state index >= 15 is 0 Å². The molecule has 0 aliphatic heterocycles. The molecule has 184 valence electrons. The maximum Gasteiger partial charge on any atom is 0 e. The predicted molar refractivity (Wildman–Crippen MR) is 142 cm³/mol. The summed E-state index contributed by atoms with van der Waals surface area (Å²) in [5, 5.41) is 0. The molecule has 3 heteroatoms. The smallest absolute Gasteiger partial charge is 0 e. The van der Waals surface area contributed by atoms with E-state index in [0.717, 1.165) is 34.2 Å². The molecule has 0 amide bonds. The van der Waals surface area contributed by atoms with Crippen LogP contribution in [0.2, 0.25) is 0 Å². The third-order valence-corrected chi connectivity index (χ3v) is 16.6. The van der Waals surface area contributed by atoms with Crippen molar-refractivity contribution in [2.24, 2.45) is 5.92 Å². The third-order valence-electron chi connectivity index (χ3n) is 9.20. The molecule has 0 heterocycles. The Hall–Kier alpha value is 1.38. The van der Waals surface area contributed by atoms with Crippen molar-refractivity contribution >= 4 is 15.8 Å². The van der Waals surface area contributed by atoms with Crippen LogP contribution in [0.1, 0.15) is 136 Å². The summed E-state index contributed by atoms with van der Waals surface area (Å²) in [5.41, 5.74) is 5.39. The van der Waals surface area contributed by atoms with Crippen LogP contribution in [0.25, 0.3) is 0 Å². The van der Waals surface area contributed by atoms with Crippen molar-refractivity contribution in [3.8, 4) is 0 Å². The van der Waals surface area contributed by atoms with E-state index < -0.39 is 0 Å². The summed E-state index contributed by atoms with van der Waals surface area (Å²) in [6.07, 6.45) is 27.8. The maximum atomic E-state index is 2.75. The van der Waals surface area contributed by atoms with Crippen molar-refractivity contribution in [3.05, 3.63) is 0 Å². The second kappa shape index (κ2) is 15.4. The Kier molecular flexibility index (Phi) is 14.2. The first kappa shape index (κ1) is 28.6. The monoisotopic (exact) mass is 508 g/mol. The summed E-state index contributed by atoms with van der Waals surface area (Å²) >= 11 is 0. The van der Waals surface area contributed by atoms with Crippen molar-refractivity contribution in [2.75, 3.05) is 6.66 Å². The van der Waals surface area contributed by atoms with E-state index in [1.54, 1.807) is 64.2 Å². The van der Waals surface area contributed by atoms with Gasteiger partial charge in [0.25, 0.3) is 0 Å². The fraction of sp³-hybridized carbons (Fsp3) is 1.00. The molecule has 4 saturated carbocycles. The summed E-state index contributed by atoms with van der Waals surface area (Å²) in [6, 6.07) is 0. The molecule has 4 rings (SSSR count). The Morgan fingerprint density at radius 2 is 0.968 bits per heavy atom. The fourth-order valence-corrected chi connectivity index (χ4v) is 14.4. The summed E-state index contributed by atoms with van der Waals surface area (Å²) in [6.45, 7) is 10.4. The molecule has 0 nitrogen and oxygen atoms in total. The van der Waals surface area contributed by atoms with Gasteiger partial charge >= 0.3 is 0 Å². The number of rotatable bonds is 6. The molecule has 4 aliphatic carbocycles. The minimum Gasteiger partial charge on any atom is -0.104 e. The van der Waals surface area contributed by atoms with Crippen molar-refractivity contribution in [2.45, 2.75) is 165 Å². The standard InChI is InChI=1S/C23H44P2.C5H10.Fe/c1-18(2)24(4)23-17-11-16-22(23)19(3)25(20-12-7-5-8-13-20)21-14-9-6-10-15-21;1-2-4-5-3-1;/h18-23H,5-17H2,1-4H3;1-5H2;. The molecule has 0 saturated heterocycles. The van der Waals surface area contributed by atoms with E-state index in [0.29, 0.717) is 0 Å². The molecule has 0 N–H and O–H groups in total. The Morgan fingerprint density at radius 1 is 0.548 bits per heavy atom. The Balaban J connectivity index is 0.000000501. The van der Waals surface area contributed by atoms with Crippen LogP contribution >= 0.6 is 15.8 Å². The molecule has 0 aromatic carbocycles. The number of hydrogen-bond donors (Lipinski definition) is 0. The SMILES string of the molecule is C1CCCC1.CC(C)P(C)C1CCCC1C(C)P(C1CCCCC1)C1CCCCC1.[Fe]. The summed E-state index contributed by atoms with van der Waals surface area (Å²) < 4.78 is 0. The zero-order valence-corrected chi connectivity index (χ0v) is 24.3. The van der Waals surface area contributed by atoms with Crippen molar-refractivity contribution in [3.63, 3.8) is 0 Å². The van der Waals surface area contributed by atoms with Gasteiger partial charge < -0.3 is 0 Å². The van der Waals surface area contributed by atoms with E-state index in [9.17, 15) is 0 Å². The van der Waals surface area contributed by atoms with Crippen LogP contribution in [-0.4, -0.2) is 35.0 Å². The first-order valence-electron chi connectivity index (χ1n) is 14.1. The van der Waals surface area contributed by atoms with Crippen LogP contribution in [0.3, 0.4) is 0 Å². The minimum atomic E-state index is 0. The topological polar surface area (TPSA) is 0 Å². The normalized spacial score (nSPS) is 30.0. The summed E-state index contributed by atoms with van der Waals surface area (Å²) in [7, 11) is 0.509. The van der Waals surface area contributed by atoms with E-state index in [4.69, 9.17) is 0 Å². The molecule has 0 bridgehead atoms. The zero-order chi connectivity index (χ0) is 21.3. The minimum absolute atomic E-state index is 0. The second-order valence-electron chi connectivity index (χ2n) is 11.5. The van der Waals surface area contributed by atoms with Gasteiger partial charge in [-0.15, -0.1) is 7.92 Å². The quantitative estimate of drug-likeness (QED) is 0.247. The van der Waals surface area contributed by atoms with Gasteiger partial charge in [-0.2, -0.15) is 0 Å². The van der Waals surface area contributed by atoms with E-state index in [-0.39, 0.29) is 32.9 Å². The molecule has 0 aromatic rings. The van der Waals surface area contributed by atoms with Crippen LogP contribution in [0, 0.1) is 5.92 Å². The van der Waals surface area contributed by atoms with Gasteiger partial charge in [0.2, 0.25) is 0 Å². The third kappa shape index (κ3) is 8.52. The molecule has 4 aliphatic rings. The Morgan fingerprint density at radius 3 is 1.39 bits per heavy atom. The van der Waals surface area contributed by atoms with E-state index in [2.05, 4.69) is 27.4 Å². The molecule has 0 radical (unpaired) electrons. The van der Waals surface area contributed by atoms with E-state index in [1.165, 1.54) is 51.4 Å². The second-order valence-corrected chi connectivity index (χ2v) is 17.7. The van der Waals surface area contributed by atoms with Gasteiger partial charge in [0.05, 0.1) is 0 Å². The van der Waals surface area contributed by atoms with Gasteiger partial charge in [0.1, 0.15) is 0 Å². The van der Waals surface area contributed by atoms with Gasteiger partial charge in [-0.25, -0.2) is 0 Å². The van der Waals surface area contributed by atoms with Crippen LogP contribution < -0.4 is 0 Å². The van der Waals surface area contributed by atoms with Crippen LogP contribution in [0.4, 0.5) is 0 Å². The van der Waals surface area contributed by atoms with Gasteiger partial charge in [-0.05, 0) is 79.4 Å². The first-order chi connectivity index (χ1) is 14.6. The predicted octanol–water partition coefficient (Wildman–Crippen LogP) is 10.2. The van der Waals surface area contributed by atoms with Gasteiger partial charge in [-0.1, -0.05) is 106 Å². The Labute approximate surface area is 209 Å². The van der Waals surface area contributed by atoms with Gasteiger partial charge in [-0.3, -0.25) is 0 Å². The molecule has 4 atom stereocenters. The maximum absolute atomic E-state index is 2.75. The zero-order valence-electron chi connectivity index (χ0n) is 21.4. The molecular formula is C28H54FeP2. The molecule has 4 unspecified atom stereocenters. The summed E-state index contributed by atoms with van der Waals surface area (Å²) in [4.78, 5) is 0. The first-order valence-corrected chi connectivity index (χ1v) is 17.6. The molecule has 31 heavy (non-hydrogen) atoms. The fourth-order valence-electron chi connectivity index (χ4n) is 7.25. The van der Waals surface area contributed by atoms with Crippen molar-refractivity contribution in [1.82, 2.24) is 0 Å². The van der Waals surface area contributed by atoms with Gasteiger partial charge in [0, 0.05) is 17.1 Å². The van der Waals surface area contributed by atoms with Crippen LogP contribution in [0.5, 0.6) is 0 Å².